The van der Waals surface area contributed by atoms with Crippen LogP contribution in [0.15, 0.2) is 12.1 Å². The molecule has 3 aliphatic carbocycles. The van der Waals surface area contributed by atoms with Crippen LogP contribution in [0.1, 0.15) is 169 Å². The van der Waals surface area contributed by atoms with Crippen molar-refractivity contribution in [3.05, 3.63) is 34.4 Å². The van der Waals surface area contributed by atoms with E-state index in [9.17, 15) is 17.8 Å². The molecule has 1 aromatic carbocycles. The molecule has 3 fully saturated rings. The van der Waals surface area contributed by atoms with Gasteiger partial charge in [0, 0.05) is 5.92 Å². The molecule has 0 aromatic heterocycles. The fourth-order valence-electron chi connectivity index (χ4n) is 7.98. The van der Waals surface area contributed by atoms with Crippen LogP contribution in [0.25, 0.3) is 0 Å². The Kier molecular flexibility index (Phi) is 10.6. The molecule has 1 unspecified atom stereocenters. The second kappa shape index (κ2) is 13.5. The van der Waals surface area contributed by atoms with Crippen molar-refractivity contribution in [1.82, 2.24) is 0 Å². The summed E-state index contributed by atoms with van der Waals surface area (Å²) in [6.07, 6.45) is 17.4. The van der Waals surface area contributed by atoms with Gasteiger partial charge in [-0.2, -0.15) is 0 Å². The fraction of sp³-hybridized carbons (Fsp3) is 0.788. The van der Waals surface area contributed by atoms with Crippen LogP contribution in [-0.4, -0.2) is 24.4 Å². The summed E-state index contributed by atoms with van der Waals surface area (Å²) in [5, 5.41) is 0. The van der Waals surface area contributed by atoms with Crippen LogP contribution in [0, 0.1) is 17.8 Å². The van der Waals surface area contributed by atoms with Gasteiger partial charge in [0.15, 0.2) is 5.44 Å². The highest BCUT2D eigenvalue weighted by molar-refractivity contribution is 7.86. The number of benzene rings is 1. The van der Waals surface area contributed by atoms with Crippen molar-refractivity contribution in [1.29, 1.82) is 0 Å². The summed E-state index contributed by atoms with van der Waals surface area (Å²) in [7, 11) is -4.85. The van der Waals surface area contributed by atoms with Crippen molar-refractivity contribution in [2.75, 3.05) is 0 Å². The minimum absolute atomic E-state index is 0.115. The molecule has 5 nitrogen and oxygen atoms in total. The summed E-state index contributed by atoms with van der Waals surface area (Å²) in [6.45, 7) is 7.60. The Morgan fingerprint density at radius 3 is 1.46 bits per heavy atom. The van der Waals surface area contributed by atoms with E-state index < -0.39 is 27.4 Å². The van der Waals surface area contributed by atoms with E-state index in [1.807, 2.05) is 27.7 Å². The number of carbonyl (C=O) groups excluding carboxylic acids is 1. The summed E-state index contributed by atoms with van der Waals surface area (Å²) < 4.78 is 43.5. The topological polar surface area (TPSA) is 83.5 Å². The van der Waals surface area contributed by atoms with Gasteiger partial charge in [0.25, 0.3) is 0 Å². The van der Waals surface area contributed by atoms with Crippen molar-refractivity contribution >= 4 is 16.1 Å². The van der Waals surface area contributed by atoms with Gasteiger partial charge in [0.1, 0.15) is 10.1 Å². The zero-order valence-electron chi connectivity index (χ0n) is 24.8. The number of hydrogen-bond donors (Lipinski definition) is 0. The molecule has 0 amide bonds. The van der Waals surface area contributed by atoms with Crippen LogP contribution in [0.5, 0.6) is 0 Å². The molecule has 0 saturated heterocycles. The molecule has 0 N–H and O–H groups in total. The van der Waals surface area contributed by atoms with Gasteiger partial charge in [-0.25, -0.2) is 13.2 Å². The maximum absolute atomic E-state index is 14.2. The second-order valence-electron chi connectivity index (χ2n) is 13.4. The van der Waals surface area contributed by atoms with E-state index in [2.05, 4.69) is 12.1 Å². The minimum atomic E-state index is -4.85. The molecule has 0 radical (unpaired) electrons. The first-order valence-electron chi connectivity index (χ1n) is 15.9. The van der Waals surface area contributed by atoms with E-state index in [4.69, 9.17) is 4.74 Å². The number of rotatable bonds is 9. The van der Waals surface area contributed by atoms with Gasteiger partial charge < -0.3 is 9.29 Å². The Hall–Kier alpha value is -1.40. The summed E-state index contributed by atoms with van der Waals surface area (Å²) >= 11 is 0. The van der Waals surface area contributed by atoms with E-state index in [1.54, 1.807) is 0 Å². The number of ether oxygens (including phenoxy) is 1. The van der Waals surface area contributed by atoms with Gasteiger partial charge in [-0.3, -0.25) is 0 Å². The Balaban J connectivity index is 1.84. The molecule has 6 heteroatoms. The molecule has 3 saturated carbocycles. The van der Waals surface area contributed by atoms with Gasteiger partial charge in [-0.1, -0.05) is 97.6 Å². The zero-order valence-corrected chi connectivity index (χ0v) is 25.6. The molecular weight excluding hydrogens is 508 g/mol. The van der Waals surface area contributed by atoms with Crippen LogP contribution in [0.2, 0.25) is 0 Å². The van der Waals surface area contributed by atoms with E-state index in [-0.39, 0.29) is 23.7 Å². The summed E-state index contributed by atoms with van der Waals surface area (Å²) in [5.74, 6) is -0.307. The van der Waals surface area contributed by atoms with Gasteiger partial charge in [0.2, 0.25) is 0 Å². The SMILES string of the molecule is CC(C)C(C(C)C)C(OC(=O)c1c(C2CCCCC2)cc(C2CCCCC2)cc1C1CCCCC1)S(=O)(=O)[O-]. The molecule has 1 atom stereocenters. The lowest BCUT2D eigenvalue weighted by molar-refractivity contribution is 0.0198. The average Bonchev–Trinajstić information content (AvgIpc) is 2.92. The van der Waals surface area contributed by atoms with Crippen molar-refractivity contribution in [3.63, 3.8) is 0 Å². The number of esters is 1. The lowest BCUT2D eigenvalue weighted by Gasteiger charge is -2.35. The monoisotopic (exact) mass is 559 g/mol. The quantitative estimate of drug-likeness (QED) is 0.223. The molecule has 1 aromatic rings. The first kappa shape index (κ1) is 30.6. The highest BCUT2D eigenvalue weighted by Crippen LogP contribution is 2.44. The third-order valence-electron chi connectivity index (χ3n) is 9.95. The third kappa shape index (κ3) is 7.47. The van der Waals surface area contributed by atoms with Crippen molar-refractivity contribution in [2.45, 2.75) is 147 Å². The van der Waals surface area contributed by atoms with Gasteiger partial charge >= 0.3 is 5.97 Å². The fourth-order valence-corrected chi connectivity index (χ4v) is 9.20. The van der Waals surface area contributed by atoms with Crippen LogP contribution in [0.3, 0.4) is 0 Å². The number of carbonyl (C=O) groups is 1. The summed E-state index contributed by atoms with van der Waals surface area (Å²) in [5.41, 5.74) is 2.41. The van der Waals surface area contributed by atoms with Crippen LogP contribution in [-0.2, 0) is 14.9 Å². The van der Waals surface area contributed by atoms with Crippen molar-refractivity contribution in [2.24, 2.45) is 17.8 Å². The normalized spacial score (nSPS) is 21.5. The Labute approximate surface area is 237 Å². The smallest absolute Gasteiger partial charge is 0.339 e. The molecule has 3 aliphatic rings. The van der Waals surface area contributed by atoms with E-state index in [0.29, 0.717) is 11.5 Å². The average molecular weight is 560 g/mol. The van der Waals surface area contributed by atoms with Crippen molar-refractivity contribution in [3.8, 4) is 0 Å². The predicted molar refractivity (Wildman–Crippen MR) is 156 cm³/mol. The highest BCUT2D eigenvalue weighted by atomic mass is 32.2. The first-order chi connectivity index (χ1) is 18.6. The van der Waals surface area contributed by atoms with Gasteiger partial charge in [-0.05, 0) is 84.8 Å². The molecule has 0 spiro atoms. The van der Waals surface area contributed by atoms with Gasteiger partial charge in [0.05, 0.1) is 5.56 Å². The van der Waals surface area contributed by atoms with E-state index >= 15 is 0 Å². The maximum Gasteiger partial charge on any atom is 0.339 e. The second-order valence-corrected chi connectivity index (χ2v) is 14.9. The van der Waals surface area contributed by atoms with Crippen LogP contribution in [0.4, 0.5) is 0 Å². The van der Waals surface area contributed by atoms with Crippen LogP contribution < -0.4 is 0 Å². The maximum atomic E-state index is 14.2. The van der Waals surface area contributed by atoms with Crippen LogP contribution >= 0.6 is 0 Å². The standard InChI is InChI=1S/C33H52O5S/c1-22(2)30(23(3)4)33(39(35,36)37)38-32(34)31-28(25-16-10-6-11-17-25)20-27(24-14-8-5-9-15-24)21-29(31)26-18-12-7-13-19-26/h20-26,30,33H,5-19H2,1-4H3,(H,35,36,37)/p-1. The van der Waals surface area contributed by atoms with Crippen molar-refractivity contribution < 1.29 is 22.5 Å². The molecule has 4 rings (SSSR count). The summed E-state index contributed by atoms with van der Waals surface area (Å²) in [4.78, 5) is 14.2. The predicted octanol–water partition coefficient (Wildman–Crippen LogP) is 8.79. The highest BCUT2D eigenvalue weighted by Gasteiger charge is 2.38. The molecule has 39 heavy (non-hydrogen) atoms. The Morgan fingerprint density at radius 1 is 0.718 bits per heavy atom. The molecule has 0 bridgehead atoms. The zero-order chi connectivity index (χ0) is 28.2. The first-order valence-corrected chi connectivity index (χ1v) is 17.4. The molecular formula is C33H51O5S-. The molecule has 0 heterocycles. The van der Waals surface area contributed by atoms with Gasteiger partial charge in [-0.15, -0.1) is 0 Å². The minimum Gasteiger partial charge on any atom is -0.745 e. The Bertz CT molecular complexity index is 1010. The molecule has 0 aliphatic heterocycles. The molecule has 220 valence electrons. The number of hydrogen-bond acceptors (Lipinski definition) is 5. The largest absolute Gasteiger partial charge is 0.745 e. The summed E-state index contributed by atoms with van der Waals surface area (Å²) in [6, 6.07) is 4.58. The third-order valence-corrected chi connectivity index (χ3v) is 10.9. The lowest BCUT2D eigenvalue weighted by atomic mass is 9.73. The lowest BCUT2D eigenvalue weighted by Crippen LogP contribution is -2.40. The van der Waals surface area contributed by atoms with E-state index in [1.165, 1.54) is 50.5 Å². The Morgan fingerprint density at radius 2 is 1.10 bits per heavy atom. The van der Waals surface area contributed by atoms with E-state index in [0.717, 1.165) is 62.5 Å².